The number of aromatic nitrogens is 2. The van der Waals surface area contributed by atoms with E-state index in [0.717, 1.165) is 11.4 Å². The highest BCUT2D eigenvalue weighted by Crippen LogP contribution is 2.19. The van der Waals surface area contributed by atoms with Gasteiger partial charge in [0.15, 0.2) is 0 Å². The standard InChI is InChI=1S/C17H23N3O3/c1-12-16(17(22)19(3)10-15(21)11-23-4)13(2)20(18-12)14-8-6-5-7-9-14/h5-9,15,21H,10-11H2,1-4H3. The van der Waals surface area contributed by atoms with Crippen LogP contribution in [0.15, 0.2) is 30.3 Å². The van der Waals surface area contributed by atoms with Crippen molar-refractivity contribution in [1.82, 2.24) is 14.7 Å². The van der Waals surface area contributed by atoms with Crippen molar-refractivity contribution in [2.45, 2.75) is 20.0 Å². The molecule has 1 aromatic carbocycles. The van der Waals surface area contributed by atoms with Crippen molar-refractivity contribution >= 4 is 5.91 Å². The van der Waals surface area contributed by atoms with Gasteiger partial charge in [0.25, 0.3) is 5.91 Å². The first-order valence-corrected chi connectivity index (χ1v) is 7.49. The molecule has 1 amide bonds. The van der Waals surface area contributed by atoms with E-state index in [1.807, 2.05) is 44.2 Å². The maximum absolute atomic E-state index is 12.7. The van der Waals surface area contributed by atoms with Crippen molar-refractivity contribution in [3.05, 3.63) is 47.3 Å². The third-order valence-corrected chi connectivity index (χ3v) is 3.70. The summed E-state index contributed by atoms with van der Waals surface area (Å²) >= 11 is 0. The van der Waals surface area contributed by atoms with Crippen LogP contribution in [-0.4, -0.2) is 59.1 Å². The Balaban J connectivity index is 2.26. The Kier molecular flexibility index (Phi) is 5.52. The Morgan fingerprint density at radius 2 is 2.00 bits per heavy atom. The van der Waals surface area contributed by atoms with Gasteiger partial charge in [-0.15, -0.1) is 0 Å². The Morgan fingerprint density at radius 3 is 2.61 bits per heavy atom. The van der Waals surface area contributed by atoms with Gasteiger partial charge in [0.05, 0.1) is 35.3 Å². The average molecular weight is 317 g/mol. The number of rotatable bonds is 6. The molecule has 23 heavy (non-hydrogen) atoms. The number of para-hydroxylation sites is 1. The largest absolute Gasteiger partial charge is 0.389 e. The number of ether oxygens (including phenoxy) is 1. The highest BCUT2D eigenvalue weighted by Gasteiger charge is 2.23. The molecule has 0 bridgehead atoms. The predicted molar refractivity (Wildman–Crippen MR) is 87.9 cm³/mol. The summed E-state index contributed by atoms with van der Waals surface area (Å²) in [6.07, 6.45) is -0.710. The van der Waals surface area contributed by atoms with Crippen molar-refractivity contribution in [2.24, 2.45) is 0 Å². The Bertz CT molecular complexity index is 667. The molecule has 2 rings (SSSR count). The molecule has 1 aromatic heterocycles. The summed E-state index contributed by atoms with van der Waals surface area (Å²) in [5.41, 5.74) is 2.94. The molecule has 0 aliphatic heterocycles. The van der Waals surface area contributed by atoms with E-state index in [1.165, 1.54) is 12.0 Å². The first kappa shape index (κ1) is 17.2. The lowest BCUT2D eigenvalue weighted by molar-refractivity contribution is 0.0379. The van der Waals surface area contributed by atoms with Gasteiger partial charge in [-0.2, -0.15) is 5.10 Å². The number of carbonyl (C=O) groups excluding carboxylic acids is 1. The molecule has 2 aromatic rings. The van der Waals surface area contributed by atoms with Gasteiger partial charge >= 0.3 is 0 Å². The quantitative estimate of drug-likeness (QED) is 0.878. The minimum atomic E-state index is -0.710. The number of benzene rings is 1. The van der Waals surface area contributed by atoms with Crippen LogP contribution in [0.3, 0.4) is 0 Å². The number of aliphatic hydroxyl groups excluding tert-OH is 1. The molecule has 0 saturated carbocycles. The van der Waals surface area contributed by atoms with Gasteiger partial charge < -0.3 is 14.7 Å². The number of nitrogens with zero attached hydrogens (tertiary/aromatic N) is 3. The van der Waals surface area contributed by atoms with Crippen LogP contribution < -0.4 is 0 Å². The summed E-state index contributed by atoms with van der Waals surface area (Å²) in [7, 11) is 3.18. The van der Waals surface area contributed by atoms with Crippen molar-refractivity contribution in [1.29, 1.82) is 0 Å². The van der Waals surface area contributed by atoms with Crippen molar-refractivity contribution in [2.75, 3.05) is 27.3 Å². The lowest BCUT2D eigenvalue weighted by Crippen LogP contribution is -2.36. The molecular weight excluding hydrogens is 294 g/mol. The van der Waals surface area contributed by atoms with Crippen LogP contribution in [0.25, 0.3) is 5.69 Å². The third-order valence-electron chi connectivity index (χ3n) is 3.70. The number of aliphatic hydroxyl groups is 1. The number of amides is 1. The number of hydrogen-bond donors (Lipinski definition) is 1. The molecule has 6 heteroatoms. The van der Waals surface area contributed by atoms with E-state index in [0.29, 0.717) is 11.3 Å². The van der Waals surface area contributed by atoms with E-state index in [4.69, 9.17) is 4.74 Å². The lowest BCUT2D eigenvalue weighted by Gasteiger charge is -2.20. The SMILES string of the molecule is COCC(O)CN(C)C(=O)c1c(C)nn(-c2ccccc2)c1C. The maximum atomic E-state index is 12.7. The van der Waals surface area contributed by atoms with E-state index < -0.39 is 6.10 Å². The zero-order chi connectivity index (χ0) is 17.0. The molecule has 0 spiro atoms. The minimum Gasteiger partial charge on any atom is -0.389 e. The fourth-order valence-electron chi connectivity index (χ4n) is 2.61. The number of hydrogen-bond acceptors (Lipinski definition) is 4. The third kappa shape index (κ3) is 3.78. The number of methoxy groups -OCH3 is 1. The van der Waals surface area contributed by atoms with Crippen LogP contribution >= 0.6 is 0 Å². The number of aryl methyl sites for hydroxylation is 1. The number of likely N-dealkylation sites (N-methyl/N-ethyl adjacent to an activating group) is 1. The maximum Gasteiger partial charge on any atom is 0.257 e. The van der Waals surface area contributed by atoms with E-state index >= 15 is 0 Å². The molecule has 1 atom stereocenters. The molecule has 1 heterocycles. The van der Waals surface area contributed by atoms with Gasteiger partial charge in [-0.25, -0.2) is 4.68 Å². The molecule has 0 saturated heterocycles. The van der Waals surface area contributed by atoms with Gasteiger partial charge in [0, 0.05) is 20.7 Å². The van der Waals surface area contributed by atoms with Crippen LogP contribution in [0.4, 0.5) is 0 Å². The molecule has 0 fully saturated rings. The second-order valence-corrected chi connectivity index (χ2v) is 5.59. The topological polar surface area (TPSA) is 67.6 Å². The average Bonchev–Trinajstić information content (AvgIpc) is 2.82. The van der Waals surface area contributed by atoms with Gasteiger partial charge in [0.2, 0.25) is 0 Å². The van der Waals surface area contributed by atoms with Crippen LogP contribution in [0.2, 0.25) is 0 Å². The molecule has 0 aliphatic rings. The van der Waals surface area contributed by atoms with Crippen molar-refractivity contribution in [3.8, 4) is 5.69 Å². The molecule has 1 unspecified atom stereocenters. The van der Waals surface area contributed by atoms with Crippen LogP contribution in [-0.2, 0) is 4.74 Å². The van der Waals surface area contributed by atoms with E-state index in [1.54, 1.807) is 11.7 Å². The first-order valence-electron chi connectivity index (χ1n) is 7.49. The fourth-order valence-corrected chi connectivity index (χ4v) is 2.61. The van der Waals surface area contributed by atoms with E-state index in [2.05, 4.69) is 5.10 Å². The smallest absolute Gasteiger partial charge is 0.257 e. The van der Waals surface area contributed by atoms with Gasteiger partial charge in [-0.1, -0.05) is 18.2 Å². The molecular formula is C17H23N3O3. The van der Waals surface area contributed by atoms with E-state index in [9.17, 15) is 9.90 Å². The summed E-state index contributed by atoms with van der Waals surface area (Å²) in [6.45, 7) is 4.10. The highest BCUT2D eigenvalue weighted by molar-refractivity contribution is 5.96. The Hall–Kier alpha value is -2.18. The molecule has 0 aliphatic carbocycles. The predicted octanol–water partition coefficient (Wildman–Crippen LogP) is 1.57. The van der Waals surface area contributed by atoms with Gasteiger partial charge in [-0.05, 0) is 26.0 Å². The fraction of sp³-hybridized carbons (Fsp3) is 0.412. The summed E-state index contributed by atoms with van der Waals surface area (Å²) in [4.78, 5) is 14.2. The van der Waals surface area contributed by atoms with E-state index in [-0.39, 0.29) is 19.1 Å². The molecule has 1 N–H and O–H groups in total. The van der Waals surface area contributed by atoms with Gasteiger partial charge in [0.1, 0.15) is 0 Å². The monoisotopic (exact) mass is 317 g/mol. The first-order chi connectivity index (χ1) is 11.0. The Labute approximate surface area is 136 Å². The molecule has 124 valence electrons. The second-order valence-electron chi connectivity index (χ2n) is 5.59. The zero-order valence-corrected chi connectivity index (χ0v) is 14.0. The van der Waals surface area contributed by atoms with Crippen LogP contribution in [0.1, 0.15) is 21.7 Å². The normalized spacial score (nSPS) is 12.2. The van der Waals surface area contributed by atoms with Crippen LogP contribution in [0.5, 0.6) is 0 Å². The lowest BCUT2D eigenvalue weighted by atomic mass is 10.1. The minimum absolute atomic E-state index is 0.155. The zero-order valence-electron chi connectivity index (χ0n) is 14.0. The van der Waals surface area contributed by atoms with Crippen molar-refractivity contribution in [3.63, 3.8) is 0 Å². The summed E-state index contributed by atoms with van der Waals surface area (Å²) < 4.78 is 6.66. The summed E-state index contributed by atoms with van der Waals surface area (Å²) in [6, 6.07) is 9.69. The number of carbonyl (C=O) groups is 1. The second kappa shape index (κ2) is 7.39. The van der Waals surface area contributed by atoms with Crippen LogP contribution in [0, 0.1) is 13.8 Å². The Morgan fingerprint density at radius 1 is 1.35 bits per heavy atom. The highest BCUT2D eigenvalue weighted by atomic mass is 16.5. The van der Waals surface area contributed by atoms with Crippen molar-refractivity contribution < 1.29 is 14.6 Å². The molecule has 0 radical (unpaired) electrons. The summed E-state index contributed by atoms with van der Waals surface area (Å²) in [5.74, 6) is -0.155. The van der Waals surface area contributed by atoms with Gasteiger partial charge in [-0.3, -0.25) is 4.79 Å². The molecule has 6 nitrogen and oxygen atoms in total. The summed E-state index contributed by atoms with van der Waals surface area (Å²) in [5, 5.41) is 14.3.